The first kappa shape index (κ1) is 14.0. The Kier molecular flexibility index (Phi) is 3.62. The maximum absolute atomic E-state index is 11.8. The number of aromatic carboxylic acids is 1. The van der Waals surface area contributed by atoms with Crippen LogP contribution in [0.3, 0.4) is 0 Å². The molecule has 8 heteroatoms. The third-order valence-electron chi connectivity index (χ3n) is 2.38. The van der Waals surface area contributed by atoms with Gasteiger partial charge in [-0.1, -0.05) is 11.6 Å². The SMILES string of the molecule is CS(=O)(=O)c1ccc(C(=O)O)c(Cl)c1-c1nccs1. The second kappa shape index (κ2) is 4.92. The van der Waals surface area contributed by atoms with E-state index in [4.69, 9.17) is 16.7 Å². The number of halogens is 1. The Morgan fingerprint density at radius 2 is 2.11 bits per heavy atom. The highest BCUT2D eigenvalue weighted by Gasteiger charge is 2.23. The minimum atomic E-state index is -3.54. The molecule has 0 fully saturated rings. The highest BCUT2D eigenvalue weighted by Crippen LogP contribution is 2.37. The van der Waals surface area contributed by atoms with Crippen LogP contribution in [0.2, 0.25) is 5.02 Å². The Balaban J connectivity index is 2.86. The molecule has 0 amide bonds. The van der Waals surface area contributed by atoms with Crippen LogP contribution in [0, 0.1) is 0 Å². The Bertz CT molecular complexity index is 738. The molecule has 100 valence electrons. The van der Waals surface area contributed by atoms with E-state index in [1.54, 1.807) is 5.38 Å². The second-order valence-corrected chi connectivity index (χ2v) is 6.97. The van der Waals surface area contributed by atoms with Crippen molar-refractivity contribution in [1.29, 1.82) is 0 Å². The third kappa shape index (κ3) is 2.63. The van der Waals surface area contributed by atoms with Crippen molar-refractivity contribution < 1.29 is 18.3 Å². The first-order chi connectivity index (χ1) is 8.82. The molecule has 0 saturated heterocycles. The summed E-state index contributed by atoms with van der Waals surface area (Å²) in [6.07, 6.45) is 2.53. The van der Waals surface area contributed by atoms with E-state index in [2.05, 4.69) is 4.98 Å². The number of benzene rings is 1. The van der Waals surface area contributed by atoms with E-state index in [9.17, 15) is 13.2 Å². The number of rotatable bonds is 3. The predicted octanol–water partition coefficient (Wildman–Crippen LogP) is 2.57. The number of aromatic nitrogens is 1. The minimum Gasteiger partial charge on any atom is -0.478 e. The van der Waals surface area contributed by atoms with Crippen molar-refractivity contribution in [3.8, 4) is 10.6 Å². The molecule has 19 heavy (non-hydrogen) atoms. The summed E-state index contributed by atoms with van der Waals surface area (Å²) >= 11 is 7.22. The molecule has 0 saturated carbocycles. The van der Waals surface area contributed by atoms with Crippen LogP contribution in [-0.2, 0) is 9.84 Å². The van der Waals surface area contributed by atoms with Gasteiger partial charge in [-0.05, 0) is 12.1 Å². The van der Waals surface area contributed by atoms with E-state index < -0.39 is 15.8 Å². The zero-order valence-electron chi connectivity index (χ0n) is 9.62. The zero-order chi connectivity index (χ0) is 14.2. The van der Waals surface area contributed by atoms with Gasteiger partial charge in [-0.25, -0.2) is 18.2 Å². The van der Waals surface area contributed by atoms with Crippen molar-refractivity contribution in [1.82, 2.24) is 4.98 Å². The largest absolute Gasteiger partial charge is 0.478 e. The van der Waals surface area contributed by atoms with Crippen LogP contribution in [0.4, 0.5) is 0 Å². The molecular formula is C11H8ClNO4S2. The van der Waals surface area contributed by atoms with Crippen molar-refractivity contribution in [3.63, 3.8) is 0 Å². The number of hydrogen-bond donors (Lipinski definition) is 1. The van der Waals surface area contributed by atoms with Crippen LogP contribution in [0.15, 0.2) is 28.6 Å². The minimum absolute atomic E-state index is 0.0301. The fourth-order valence-electron chi connectivity index (χ4n) is 1.58. The van der Waals surface area contributed by atoms with Gasteiger partial charge in [-0.3, -0.25) is 0 Å². The fraction of sp³-hybridized carbons (Fsp3) is 0.0909. The average Bonchev–Trinajstić information content (AvgIpc) is 2.79. The topological polar surface area (TPSA) is 84.3 Å². The molecule has 1 heterocycles. The van der Waals surface area contributed by atoms with Crippen LogP contribution in [0.1, 0.15) is 10.4 Å². The molecule has 0 aliphatic carbocycles. The number of nitrogens with zero attached hydrogens (tertiary/aromatic N) is 1. The van der Waals surface area contributed by atoms with Gasteiger partial charge in [0.05, 0.1) is 15.5 Å². The van der Waals surface area contributed by atoms with Gasteiger partial charge < -0.3 is 5.11 Å². The van der Waals surface area contributed by atoms with Gasteiger partial charge in [0, 0.05) is 23.4 Å². The smallest absolute Gasteiger partial charge is 0.337 e. The summed E-state index contributed by atoms with van der Waals surface area (Å²) in [6.45, 7) is 0. The molecule has 1 N–H and O–H groups in total. The van der Waals surface area contributed by atoms with E-state index in [0.29, 0.717) is 5.01 Å². The van der Waals surface area contributed by atoms with E-state index in [1.807, 2.05) is 0 Å². The van der Waals surface area contributed by atoms with Crippen molar-refractivity contribution in [2.75, 3.05) is 6.26 Å². The average molecular weight is 318 g/mol. The lowest BCUT2D eigenvalue weighted by atomic mass is 10.1. The summed E-state index contributed by atoms with van der Waals surface area (Å²) in [5.74, 6) is -1.22. The third-order valence-corrected chi connectivity index (χ3v) is 4.70. The summed E-state index contributed by atoms with van der Waals surface area (Å²) in [7, 11) is -3.54. The second-order valence-electron chi connectivity index (χ2n) is 3.71. The highest BCUT2D eigenvalue weighted by molar-refractivity contribution is 7.90. The summed E-state index contributed by atoms with van der Waals surface area (Å²) in [6, 6.07) is 2.42. The molecule has 0 unspecified atom stereocenters. The lowest BCUT2D eigenvalue weighted by Gasteiger charge is -2.10. The standard InChI is InChI=1S/C11H8ClNO4S2/c1-19(16,17)7-3-2-6(11(14)15)9(12)8(7)10-13-4-5-18-10/h2-5H,1H3,(H,14,15). The number of carboxylic acids is 1. The number of hydrogen-bond acceptors (Lipinski definition) is 5. The summed E-state index contributed by atoms with van der Waals surface area (Å²) in [5.41, 5.74) is -0.0154. The normalized spacial score (nSPS) is 11.5. The van der Waals surface area contributed by atoms with Gasteiger partial charge in [-0.2, -0.15) is 0 Å². The van der Waals surface area contributed by atoms with Gasteiger partial charge >= 0.3 is 5.97 Å². The molecule has 0 radical (unpaired) electrons. The molecule has 0 aliphatic heterocycles. The van der Waals surface area contributed by atoms with Crippen molar-refractivity contribution in [3.05, 3.63) is 34.3 Å². The Hall–Kier alpha value is -1.44. The molecule has 1 aromatic carbocycles. The summed E-state index contributed by atoms with van der Waals surface area (Å²) in [4.78, 5) is 15.0. The van der Waals surface area contributed by atoms with Crippen LogP contribution in [0.5, 0.6) is 0 Å². The van der Waals surface area contributed by atoms with Gasteiger partial charge in [0.1, 0.15) is 5.01 Å². The van der Waals surface area contributed by atoms with E-state index >= 15 is 0 Å². The van der Waals surface area contributed by atoms with Gasteiger partial charge in [0.2, 0.25) is 0 Å². The monoisotopic (exact) mass is 317 g/mol. The Morgan fingerprint density at radius 3 is 2.58 bits per heavy atom. The van der Waals surface area contributed by atoms with Gasteiger partial charge in [-0.15, -0.1) is 11.3 Å². The maximum atomic E-state index is 11.8. The maximum Gasteiger partial charge on any atom is 0.337 e. The molecule has 0 aliphatic rings. The van der Waals surface area contributed by atoms with E-state index in [0.717, 1.165) is 6.26 Å². The number of carboxylic acid groups (broad SMARTS) is 1. The quantitative estimate of drug-likeness (QED) is 0.940. The van der Waals surface area contributed by atoms with Crippen LogP contribution in [0.25, 0.3) is 10.6 Å². The summed E-state index contributed by atoms with van der Waals surface area (Å²) in [5, 5.41) is 10.9. The van der Waals surface area contributed by atoms with Gasteiger partial charge in [0.15, 0.2) is 9.84 Å². The first-order valence-corrected chi connectivity index (χ1v) is 8.13. The molecule has 2 aromatic rings. The van der Waals surface area contributed by atoms with Crippen LogP contribution in [-0.4, -0.2) is 30.7 Å². The first-order valence-electron chi connectivity index (χ1n) is 4.98. The molecule has 1 aromatic heterocycles. The predicted molar refractivity (Wildman–Crippen MR) is 72.6 cm³/mol. The molecule has 0 spiro atoms. The molecule has 0 bridgehead atoms. The Labute approximate surface area is 118 Å². The van der Waals surface area contributed by atoms with Crippen LogP contribution >= 0.6 is 22.9 Å². The molecule has 0 atom stereocenters. The van der Waals surface area contributed by atoms with Crippen molar-refractivity contribution in [2.24, 2.45) is 0 Å². The number of carbonyl (C=O) groups is 1. The molecule has 5 nitrogen and oxygen atoms in total. The molecular weight excluding hydrogens is 310 g/mol. The van der Waals surface area contributed by atoms with Gasteiger partial charge in [0.25, 0.3) is 0 Å². The van der Waals surface area contributed by atoms with Crippen LogP contribution < -0.4 is 0 Å². The van der Waals surface area contributed by atoms with E-state index in [-0.39, 0.29) is 21.0 Å². The molecule has 2 rings (SSSR count). The highest BCUT2D eigenvalue weighted by atomic mass is 35.5. The lowest BCUT2D eigenvalue weighted by Crippen LogP contribution is -2.05. The summed E-state index contributed by atoms with van der Waals surface area (Å²) < 4.78 is 23.5. The fourth-order valence-corrected chi connectivity index (χ4v) is 3.68. The Morgan fingerprint density at radius 1 is 1.42 bits per heavy atom. The van der Waals surface area contributed by atoms with Crippen molar-refractivity contribution >= 4 is 38.7 Å². The van der Waals surface area contributed by atoms with Crippen molar-refractivity contribution in [2.45, 2.75) is 4.90 Å². The number of sulfone groups is 1. The zero-order valence-corrected chi connectivity index (χ0v) is 12.0. The lowest BCUT2D eigenvalue weighted by molar-refractivity contribution is 0.0697. The van der Waals surface area contributed by atoms with E-state index in [1.165, 1.54) is 29.7 Å². The number of thiazole rings is 1.